The van der Waals surface area contributed by atoms with Crippen LogP contribution in [0.3, 0.4) is 0 Å². The molecule has 0 aliphatic heterocycles. The topological polar surface area (TPSA) is 38.9 Å². The zero-order valence-electron chi connectivity index (χ0n) is 11.9. The molecule has 2 rings (SSSR count). The van der Waals surface area contributed by atoms with Crippen molar-refractivity contribution in [2.75, 3.05) is 0 Å². The Balaban J connectivity index is 2.30. The molecule has 0 spiro atoms. The Labute approximate surface area is 133 Å². The molecule has 2 aromatic rings. The number of pyridine rings is 1. The number of halogens is 1. The van der Waals surface area contributed by atoms with Crippen LogP contribution in [0.2, 0.25) is 0 Å². The molecule has 2 nitrogen and oxygen atoms in total. The summed E-state index contributed by atoms with van der Waals surface area (Å²) in [6.45, 7) is 6.16. The minimum absolute atomic E-state index is 0.0527. The lowest BCUT2D eigenvalue weighted by Crippen LogP contribution is -2.22. The second-order valence-corrected chi connectivity index (χ2v) is 7.15. The highest BCUT2D eigenvalue weighted by molar-refractivity contribution is 9.10. The van der Waals surface area contributed by atoms with Crippen molar-refractivity contribution < 1.29 is 0 Å². The maximum atomic E-state index is 6.18. The van der Waals surface area contributed by atoms with Crippen LogP contribution in [0.25, 0.3) is 0 Å². The van der Waals surface area contributed by atoms with Gasteiger partial charge in [0, 0.05) is 16.2 Å². The molecule has 0 radical (unpaired) electrons. The van der Waals surface area contributed by atoms with Crippen molar-refractivity contribution >= 4 is 27.7 Å². The largest absolute Gasteiger partial charge is 0.327 e. The SMILES string of the molecule is Cc1cc(C)nc(SC(c2cccc(Br)c2)C(C)N)c1. The van der Waals surface area contributed by atoms with Crippen molar-refractivity contribution in [3.8, 4) is 0 Å². The summed E-state index contributed by atoms with van der Waals surface area (Å²) in [5.41, 5.74) is 9.68. The second kappa shape index (κ2) is 6.74. The smallest absolute Gasteiger partial charge is 0.0972 e. The van der Waals surface area contributed by atoms with E-state index in [1.54, 1.807) is 11.8 Å². The fraction of sp³-hybridized carbons (Fsp3) is 0.312. The van der Waals surface area contributed by atoms with Gasteiger partial charge in [-0.15, -0.1) is 0 Å². The van der Waals surface area contributed by atoms with Gasteiger partial charge in [-0.05, 0) is 56.2 Å². The van der Waals surface area contributed by atoms with E-state index in [4.69, 9.17) is 5.73 Å². The summed E-state index contributed by atoms with van der Waals surface area (Å²) in [7, 11) is 0. The van der Waals surface area contributed by atoms with E-state index in [-0.39, 0.29) is 11.3 Å². The molecule has 0 fully saturated rings. The number of nitrogens with two attached hydrogens (primary N) is 1. The lowest BCUT2D eigenvalue weighted by atomic mass is 10.1. The highest BCUT2D eigenvalue weighted by Gasteiger charge is 2.19. The first kappa shape index (κ1) is 15.5. The number of hydrogen-bond acceptors (Lipinski definition) is 3. The lowest BCUT2D eigenvalue weighted by molar-refractivity contribution is 0.719. The van der Waals surface area contributed by atoms with Crippen molar-refractivity contribution in [3.05, 3.63) is 57.7 Å². The van der Waals surface area contributed by atoms with Crippen LogP contribution in [0.4, 0.5) is 0 Å². The molecule has 1 heterocycles. The van der Waals surface area contributed by atoms with Gasteiger partial charge in [0.25, 0.3) is 0 Å². The minimum Gasteiger partial charge on any atom is -0.327 e. The molecule has 0 bridgehead atoms. The molecule has 2 atom stereocenters. The molecule has 0 saturated heterocycles. The van der Waals surface area contributed by atoms with Gasteiger partial charge in [0.15, 0.2) is 0 Å². The van der Waals surface area contributed by atoms with Gasteiger partial charge < -0.3 is 5.73 Å². The number of thioether (sulfide) groups is 1. The van der Waals surface area contributed by atoms with Gasteiger partial charge in [-0.3, -0.25) is 0 Å². The molecule has 20 heavy (non-hydrogen) atoms. The first-order chi connectivity index (χ1) is 9.45. The Morgan fingerprint density at radius 3 is 2.55 bits per heavy atom. The molecule has 106 valence electrons. The molecule has 0 amide bonds. The van der Waals surface area contributed by atoms with Crippen LogP contribution < -0.4 is 5.73 Å². The second-order valence-electron chi connectivity index (χ2n) is 5.08. The molecule has 0 saturated carbocycles. The highest BCUT2D eigenvalue weighted by atomic mass is 79.9. The van der Waals surface area contributed by atoms with Gasteiger partial charge in [-0.1, -0.05) is 39.8 Å². The Hall–Kier alpha value is -0.840. The van der Waals surface area contributed by atoms with E-state index in [1.807, 2.05) is 26.0 Å². The van der Waals surface area contributed by atoms with Crippen LogP contribution in [-0.4, -0.2) is 11.0 Å². The fourth-order valence-corrected chi connectivity index (χ4v) is 3.78. The summed E-state index contributed by atoms with van der Waals surface area (Å²) in [5, 5.41) is 1.23. The Kier molecular flexibility index (Phi) is 5.24. The van der Waals surface area contributed by atoms with Crippen LogP contribution in [0, 0.1) is 13.8 Å². The summed E-state index contributed by atoms with van der Waals surface area (Å²) in [4.78, 5) is 4.60. The van der Waals surface area contributed by atoms with Gasteiger partial charge in [0.05, 0.1) is 10.3 Å². The van der Waals surface area contributed by atoms with Crippen LogP contribution in [0.15, 0.2) is 45.9 Å². The number of rotatable bonds is 4. The van der Waals surface area contributed by atoms with E-state index >= 15 is 0 Å². The number of hydrogen-bond donors (Lipinski definition) is 1. The van der Waals surface area contributed by atoms with E-state index in [2.05, 4.69) is 52.1 Å². The van der Waals surface area contributed by atoms with Gasteiger partial charge >= 0.3 is 0 Å². The van der Waals surface area contributed by atoms with Gasteiger partial charge in [-0.25, -0.2) is 4.98 Å². The third kappa shape index (κ3) is 4.08. The predicted octanol–water partition coefficient (Wildman–Crippen LogP) is 4.64. The van der Waals surface area contributed by atoms with E-state index in [1.165, 1.54) is 11.1 Å². The highest BCUT2D eigenvalue weighted by Crippen LogP contribution is 2.37. The van der Waals surface area contributed by atoms with Crippen molar-refractivity contribution in [2.24, 2.45) is 5.73 Å². The van der Waals surface area contributed by atoms with Crippen LogP contribution >= 0.6 is 27.7 Å². The van der Waals surface area contributed by atoms with Crippen molar-refractivity contribution in [3.63, 3.8) is 0 Å². The number of aromatic nitrogens is 1. The number of nitrogens with zero attached hydrogens (tertiary/aromatic N) is 1. The average molecular weight is 351 g/mol. The lowest BCUT2D eigenvalue weighted by Gasteiger charge is -2.21. The molecular weight excluding hydrogens is 332 g/mol. The van der Waals surface area contributed by atoms with Gasteiger partial charge in [0.1, 0.15) is 0 Å². The minimum atomic E-state index is 0.0527. The quantitative estimate of drug-likeness (QED) is 0.816. The summed E-state index contributed by atoms with van der Waals surface area (Å²) in [6.07, 6.45) is 0. The van der Waals surface area contributed by atoms with Crippen molar-refractivity contribution in [2.45, 2.75) is 37.1 Å². The number of aryl methyl sites for hydroxylation is 2. The summed E-state index contributed by atoms with van der Waals surface area (Å²) >= 11 is 5.25. The molecule has 0 aliphatic carbocycles. The zero-order chi connectivity index (χ0) is 14.7. The van der Waals surface area contributed by atoms with Crippen LogP contribution in [0.5, 0.6) is 0 Å². The Morgan fingerprint density at radius 1 is 1.20 bits per heavy atom. The molecule has 4 heteroatoms. The summed E-state index contributed by atoms with van der Waals surface area (Å²) in [6, 6.07) is 12.6. The molecule has 1 aromatic heterocycles. The van der Waals surface area contributed by atoms with Crippen LogP contribution in [0.1, 0.15) is 29.0 Å². The molecule has 2 unspecified atom stereocenters. The average Bonchev–Trinajstić information content (AvgIpc) is 2.34. The Bertz CT molecular complexity index is 579. The third-order valence-corrected chi connectivity index (χ3v) is 4.88. The first-order valence-corrected chi connectivity index (χ1v) is 8.26. The molecule has 1 aromatic carbocycles. The maximum absolute atomic E-state index is 6.18. The van der Waals surface area contributed by atoms with E-state index in [9.17, 15) is 0 Å². The van der Waals surface area contributed by atoms with Gasteiger partial charge in [-0.2, -0.15) is 0 Å². The normalized spacial score (nSPS) is 14.1. The molecule has 2 N–H and O–H groups in total. The van der Waals surface area contributed by atoms with Crippen LogP contribution in [-0.2, 0) is 0 Å². The zero-order valence-corrected chi connectivity index (χ0v) is 14.3. The fourth-order valence-electron chi connectivity index (χ4n) is 2.16. The predicted molar refractivity (Wildman–Crippen MR) is 90.1 cm³/mol. The third-order valence-electron chi connectivity index (χ3n) is 2.98. The van der Waals surface area contributed by atoms with E-state index < -0.39 is 0 Å². The van der Waals surface area contributed by atoms with E-state index in [0.717, 1.165) is 15.2 Å². The van der Waals surface area contributed by atoms with E-state index in [0.29, 0.717) is 0 Å². The van der Waals surface area contributed by atoms with Crippen molar-refractivity contribution in [1.82, 2.24) is 4.98 Å². The Morgan fingerprint density at radius 2 is 1.95 bits per heavy atom. The summed E-state index contributed by atoms with van der Waals surface area (Å²) < 4.78 is 1.08. The summed E-state index contributed by atoms with van der Waals surface area (Å²) in [5.74, 6) is 0. The molecule has 0 aliphatic rings. The maximum Gasteiger partial charge on any atom is 0.0972 e. The molecular formula is C16H19BrN2S. The standard InChI is InChI=1S/C16H19BrN2S/c1-10-7-11(2)19-15(8-10)20-16(12(3)18)13-5-4-6-14(17)9-13/h4-9,12,16H,18H2,1-3H3. The number of benzene rings is 1. The van der Waals surface area contributed by atoms with Crippen molar-refractivity contribution in [1.29, 1.82) is 0 Å². The van der Waals surface area contributed by atoms with Gasteiger partial charge in [0.2, 0.25) is 0 Å². The monoisotopic (exact) mass is 350 g/mol. The first-order valence-electron chi connectivity index (χ1n) is 6.58.